The molecule has 0 bridgehead atoms. The number of amides is 1. The molecule has 0 aromatic heterocycles. The van der Waals surface area contributed by atoms with Gasteiger partial charge in [0.2, 0.25) is 5.91 Å². The molecule has 4 heteroatoms. The highest BCUT2D eigenvalue weighted by Crippen LogP contribution is 2.27. The van der Waals surface area contributed by atoms with Gasteiger partial charge >= 0.3 is 0 Å². The van der Waals surface area contributed by atoms with Gasteiger partial charge in [0, 0.05) is 6.42 Å². The summed E-state index contributed by atoms with van der Waals surface area (Å²) in [4.78, 5) is 11.7. The van der Waals surface area contributed by atoms with Crippen LogP contribution in [0.2, 0.25) is 0 Å². The molecule has 1 aliphatic heterocycles. The molecule has 1 aromatic carbocycles. The summed E-state index contributed by atoms with van der Waals surface area (Å²) in [6, 6.07) is 7.51. The Morgan fingerprint density at radius 1 is 1.50 bits per heavy atom. The predicted octanol–water partition coefficient (Wildman–Crippen LogP) is 1.09. The number of ether oxygens (including phenoxy) is 1. The highest BCUT2D eigenvalue weighted by atomic mass is 16.5. The fourth-order valence-electron chi connectivity index (χ4n) is 2.00. The number of nitrogens with one attached hydrogen (secondary N) is 1. The van der Waals surface area contributed by atoms with Gasteiger partial charge in [-0.15, -0.1) is 0 Å². The van der Waals surface area contributed by atoms with Crippen molar-refractivity contribution in [2.24, 2.45) is 11.7 Å². The lowest BCUT2D eigenvalue weighted by molar-refractivity contribution is -0.123. The van der Waals surface area contributed by atoms with Crippen LogP contribution in [0.4, 0.5) is 0 Å². The third-order valence-corrected chi connectivity index (χ3v) is 3.24. The fourth-order valence-corrected chi connectivity index (χ4v) is 2.00. The minimum absolute atomic E-state index is 0.0192. The van der Waals surface area contributed by atoms with Gasteiger partial charge in [0.25, 0.3) is 0 Å². The number of rotatable bonds is 4. The van der Waals surface area contributed by atoms with Crippen molar-refractivity contribution in [2.45, 2.75) is 32.4 Å². The second-order valence-electron chi connectivity index (χ2n) is 5.07. The van der Waals surface area contributed by atoms with Gasteiger partial charge in [-0.3, -0.25) is 4.79 Å². The normalized spacial score (nSPS) is 19.2. The Morgan fingerprint density at radius 3 is 2.89 bits per heavy atom. The third-order valence-electron chi connectivity index (χ3n) is 3.24. The number of hydrogen-bond donors (Lipinski definition) is 2. The van der Waals surface area contributed by atoms with E-state index in [1.165, 1.54) is 5.56 Å². The molecular weight excluding hydrogens is 228 g/mol. The maximum Gasteiger partial charge on any atom is 0.237 e. The molecule has 1 amide bonds. The van der Waals surface area contributed by atoms with Gasteiger partial charge in [-0.2, -0.15) is 0 Å². The number of carbonyl (C=O) groups is 1. The average Bonchev–Trinajstić information content (AvgIpc) is 2.77. The van der Waals surface area contributed by atoms with Crippen LogP contribution in [0.5, 0.6) is 5.75 Å². The van der Waals surface area contributed by atoms with Gasteiger partial charge in [0.05, 0.1) is 12.6 Å². The van der Waals surface area contributed by atoms with Crippen LogP contribution < -0.4 is 15.8 Å². The summed E-state index contributed by atoms with van der Waals surface area (Å²) in [7, 11) is 0. The molecule has 1 aliphatic rings. The highest BCUT2D eigenvalue weighted by Gasteiger charge is 2.24. The lowest BCUT2D eigenvalue weighted by Gasteiger charge is -2.17. The van der Waals surface area contributed by atoms with Gasteiger partial charge in [-0.25, -0.2) is 0 Å². The second-order valence-corrected chi connectivity index (χ2v) is 5.07. The first-order chi connectivity index (χ1) is 8.58. The zero-order chi connectivity index (χ0) is 13.1. The first-order valence-corrected chi connectivity index (χ1v) is 6.35. The van der Waals surface area contributed by atoms with Crippen LogP contribution in [0.3, 0.4) is 0 Å². The van der Waals surface area contributed by atoms with Crippen LogP contribution in [0, 0.1) is 5.92 Å². The van der Waals surface area contributed by atoms with Crippen LogP contribution in [0.25, 0.3) is 0 Å². The molecule has 0 fully saturated rings. The number of para-hydroxylation sites is 1. The van der Waals surface area contributed by atoms with Gasteiger partial charge < -0.3 is 15.8 Å². The molecule has 98 valence electrons. The summed E-state index contributed by atoms with van der Waals surface area (Å²) >= 11 is 0. The Balaban J connectivity index is 1.82. The van der Waals surface area contributed by atoms with Crippen LogP contribution in [-0.2, 0) is 11.2 Å². The number of carbonyl (C=O) groups excluding carboxylic acids is 1. The lowest BCUT2D eigenvalue weighted by atomic mass is 10.0. The summed E-state index contributed by atoms with van der Waals surface area (Å²) in [6.45, 7) is 4.38. The third kappa shape index (κ3) is 2.82. The molecular formula is C14H20N2O2. The van der Waals surface area contributed by atoms with Crippen molar-refractivity contribution in [1.29, 1.82) is 0 Å². The number of nitrogens with two attached hydrogens (primary N) is 1. The highest BCUT2D eigenvalue weighted by molar-refractivity contribution is 5.81. The van der Waals surface area contributed by atoms with Crippen molar-refractivity contribution >= 4 is 5.91 Å². The monoisotopic (exact) mass is 248 g/mol. The molecule has 3 N–H and O–H groups in total. The standard InChI is InChI=1S/C14H20N2O2/c1-9(2)13(15)14(17)16-8-11-7-10-5-3-4-6-12(10)18-11/h3-6,9,11,13H,7-8,15H2,1-2H3,(H,16,17)/t11?,13-/m1/s1. The van der Waals surface area contributed by atoms with E-state index in [0.29, 0.717) is 6.54 Å². The molecule has 0 spiro atoms. The van der Waals surface area contributed by atoms with Crippen LogP contribution in [0.1, 0.15) is 19.4 Å². The molecule has 2 rings (SSSR count). The van der Waals surface area contributed by atoms with Gasteiger partial charge in [0.15, 0.2) is 0 Å². The van der Waals surface area contributed by atoms with Gasteiger partial charge in [-0.05, 0) is 17.5 Å². The first kappa shape index (κ1) is 12.9. The van der Waals surface area contributed by atoms with E-state index in [4.69, 9.17) is 10.5 Å². The lowest BCUT2D eigenvalue weighted by Crippen LogP contribution is -2.46. The fraction of sp³-hybridized carbons (Fsp3) is 0.500. The molecule has 1 aromatic rings. The summed E-state index contributed by atoms with van der Waals surface area (Å²) in [5.41, 5.74) is 6.98. The van der Waals surface area contributed by atoms with E-state index in [0.717, 1.165) is 12.2 Å². The smallest absolute Gasteiger partial charge is 0.237 e. The van der Waals surface area contributed by atoms with Crippen molar-refractivity contribution < 1.29 is 9.53 Å². The van der Waals surface area contributed by atoms with E-state index < -0.39 is 6.04 Å². The summed E-state index contributed by atoms with van der Waals surface area (Å²) < 4.78 is 5.74. The Labute approximate surface area is 108 Å². The Hall–Kier alpha value is -1.55. The SMILES string of the molecule is CC(C)[C@@H](N)C(=O)NCC1Cc2ccccc2O1. The zero-order valence-electron chi connectivity index (χ0n) is 10.8. The van der Waals surface area contributed by atoms with Crippen molar-refractivity contribution in [3.8, 4) is 5.75 Å². The number of benzene rings is 1. The van der Waals surface area contributed by atoms with E-state index in [9.17, 15) is 4.79 Å². The molecule has 0 saturated heterocycles. The minimum atomic E-state index is -0.450. The predicted molar refractivity (Wildman–Crippen MR) is 70.4 cm³/mol. The molecule has 1 unspecified atom stereocenters. The second kappa shape index (κ2) is 5.40. The van der Waals surface area contributed by atoms with Crippen LogP contribution >= 0.6 is 0 Å². The van der Waals surface area contributed by atoms with Gasteiger partial charge in [0.1, 0.15) is 11.9 Å². The largest absolute Gasteiger partial charge is 0.488 e. The minimum Gasteiger partial charge on any atom is -0.488 e. The van der Waals surface area contributed by atoms with Crippen LogP contribution in [-0.4, -0.2) is 24.6 Å². The van der Waals surface area contributed by atoms with Crippen LogP contribution in [0.15, 0.2) is 24.3 Å². The Morgan fingerprint density at radius 2 is 2.22 bits per heavy atom. The van der Waals surface area contributed by atoms with E-state index >= 15 is 0 Å². The number of hydrogen-bond acceptors (Lipinski definition) is 3. The van der Waals surface area contributed by atoms with Crippen molar-refractivity contribution in [3.63, 3.8) is 0 Å². The van der Waals surface area contributed by atoms with E-state index in [2.05, 4.69) is 11.4 Å². The molecule has 2 atom stereocenters. The van der Waals surface area contributed by atoms with Crippen molar-refractivity contribution in [2.75, 3.05) is 6.54 Å². The van der Waals surface area contributed by atoms with E-state index in [-0.39, 0.29) is 17.9 Å². The molecule has 0 saturated carbocycles. The molecule has 1 heterocycles. The first-order valence-electron chi connectivity index (χ1n) is 6.35. The van der Waals surface area contributed by atoms with E-state index in [1.54, 1.807) is 0 Å². The zero-order valence-corrected chi connectivity index (χ0v) is 10.8. The van der Waals surface area contributed by atoms with Gasteiger partial charge in [-0.1, -0.05) is 32.0 Å². The topological polar surface area (TPSA) is 64.4 Å². The maximum atomic E-state index is 11.7. The molecule has 4 nitrogen and oxygen atoms in total. The van der Waals surface area contributed by atoms with Crippen molar-refractivity contribution in [1.82, 2.24) is 5.32 Å². The molecule has 18 heavy (non-hydrogen) atoms. The summed E-state index contributed by atoms with van der Waals surface area (Å²) in [6.07, 6.45) is 0.860. The Kier molecular flexibility index (Phi) is 3.87. The average molecular weight is 248 g/mol. The summed E-state index contributed by atoms with van der Waals surface area (Å²) in [5, 5.41) is 2.85. The summed E-state index contributed by atoms with van der Waals surface area (Å²) in [5.74, 6) is 0.959. The quantitative estimate of drug-likeness (QED) is 0.838. The Bertz CT molecular complexity index is 407. The molecule has 0 aliphatic carbocycles. The molecule has 0 radical (unpaired) electrons. The van der Waals surface area contributed by atoms with Crippen molar-refractivity contribution in [3.05, 3.63) is 29.8 Å². The number of fused-ring (bicyclic) bond motifs is 1. The van der Waals surface area contributed by atoms with E-state index in [1.807, 2.05) is 32.0 Å². The maximum absolute atomic E-state index is 11.7.